The van der Waals surface area contributed by atoms with Crippen LogP contribution in [0.1, 0.15) is 17.4 Å². The first-order valence-corrected chi connectivity index (χ1v) is 9.34. The quantitative estimate of drug-likeness (QED) is 0.730. The number of aromatic nitrogens is 2. The summed E-state index contributed by atoms with van der Waals surface area (Å²) in [4.78, 5) is 39.9. The van der Waals surface area contributed by atoms with E-state index in [1.807, 2.05) is 0 Å². The number of para-hydroxylation sites is 2. The standard InChI is InChI=1S/C21H20N4O4/c1-3-25-20(27)14-9-5-4-8-13(14)18(23-25)21(28)24-12-17(19(26)22-2)29-16-11-7-6-10-15(16)24/h4-11,17H,3,12H2,1-2H3,(H,22,26)/t17-/m1/s1. The molecule has 148 valence electrons. The number of amides is 2. The first kappa shape index (κ1) is 18.7. The molecule has 8 nitrogen and oxygen atoms in total. The summed E-state index contributed by atoms with van der Waals surface area (Å²) < 4.78 is 7.05. The average Bonchev–Trinajstić information content (AvgIpc) is 2.77. The fraction of sp³-hybridized carbons (Fsp3) is 0.238. The number of likely N-dealkylation sites (N-methyl/N-ethyl adjacent to an activating group) is 1. The first-order chi connectivity index (χ1) is 14.0. The zero-order valence-electron chi connectivity index (χ0n) is 16.1. The number of hydrogen-bond donors (Lipinski definition) is 1. The lowest BCUT2D eigenvalue weighted by Gasteiger charge is -2.34. The molecule has 2 aromatic carbocycles. The van der Waals surface area contributed by atoms with Gasteiger partial charge in [-0.25, -0.2) is 4.68 Å². The van der Waals surface area contributed by atoms with E-state index in [2.05, 4.69) is 10.4 Å². The summed E-state index contributed by atoms with van der Waals surface area (Å²) >= 11 is 0. The molecule has 0 spiro atoms. The van der Waals surface area contributed by atoms with E-state index in [4.69, 9.17) is 4.74 Å². The maximum absolute atomic E-state index is 13.6. The van der Waals surface area contributed by atoms with Crippen LogP contribution in [0.15, 0.2) is 53.3 Å². The highest BCUT2D eigenvalue weighted by atomic mass is 16.5. The topological polar surface area (TPSA) is 93.5 Å². The van der Waals surface area contributed by atoms with Gasteiger partial charge in [-0.3, -0.25) is 19.3 Å². The number of aryl methyl sites for hydroxylation is 1. The third-order valence-electron chi connectivity index (χ3n) is 4.93. The number of anilines is 1. The molecule has 8 heteroatoms. The van der Waals surface area contributed by atoms with Crippen molar-refractivity contribution < 1.29 is 14.3 Å². The lowest BCUT2D eigenvalue weighted by Crippen LogP contribution is -2.50. The van der Waals surface area contributed by atoms with Crippen LogP contribution in [0.4, 0.5) is 5.69 Å². The van der Waals surface area contributed by atoms with Crippen LogP contribution in [0.5, 0.6) is 5.75 Å². The van der Waals surface area contributed by atoms with Crippen molar-refractivity contribution in [2.45, 2.75) is 19.6 Å². The molecule has 1 aliphatic heterocycles. The lowest BCUT2D eigenvalue weighted by atomic mass is 10.1. The predicted molar refractivity (Wildman–Crippen MR) is 108 cm³/mol. The second kappa shape index (κ2) is 7.38. The lowest BCUT2D eigenvalue weighted by molar-refractivity contribution is -0.127. The second-order valence-electron chi connectivity index (χ2n) is 6.62. The second-order valence-corrected chi connectivity index (χ2v) is 6.62. The van der Waals surface area contributed by atoms with E-state index in [-0.39, 0.29) is 23.7 Å². The highest BCUT2D eigenvalue weighted by molar-refractivity contribution is 6.13. The van der Waals surface area contributed by atoms with Gasteiger partial charge in [0.25, 0.3) is 17.4 Å². The summed E-state index contributed by atoms with van der Waals surface area (Å²) in [7, 11) is 1.52. The van der Waals surface area contributed by atoms with E-state index in [0.29, 0.717) is 28.8 Å². The van der Waals surface area contributed by atoms with Crippen molar-refractivity contribution in [2.75, 3.05) is 18.5 Å². The molecule has 1 aromatic heterocycles. The Balaban J connectivity index is 1.87. The Morgan fingerprint density at radius 2 is 1.83 bits per heavy atom. The summed E-state index contributed by atoms with van der Waals surface area (Å²) in [5, 5.41) is 7.79. The molecule has 0 aliphatic carbocycles. The van der Waals surface area contributed by atoms with Gasteiger partial charge in [-0.1, -0.05) is 30.3 Å². The van der Waals surface area contributed by atoms with Gasteiger partial charge in [0.2, 0.25) is 0 Å². The van der Waals surface area contributed by atoms with Gasteiger partial charge in [-0.05, 0) is 25.1 Å². The Labute approximate surface area is 166 Å². The van der Waals surface area contributed by atoms with E-state index < -0.39 is 12.0 Å². The smallest absolute Gasteiger partial charge is 0.279 e. The van der Waals surface area contributed by atoms with Crippen LogP contribution in [-0.4, -0.2) is 41.3 Å². The summed E-state index contributed by atoms with van der Waals surface area (Å²) in [5.74, 6) is -0.282. The zero-order chi connectivity index (χ0) is 20.5. The highest BCUT2D eigenvalue weighted by Crippen LogP contribution is 2.34. The van der Waals surface area contributed by atoms with Crippen LogP contribution in [0.3, 0.4) is 0 Å². The van der Waals surface area contributed by atoms with E-state index in [1.165, 1.54) is 16.6 Å². The Kier molecular flexibility index (Phi) is 4.75. The molecular weight excluding hydrogens is 372 g/mol. The monoisotopic (exact) mass is 392 g/mol. The van der Waals surface area contributed by atoms with Gasteiger partial charge in [-0.15, -0.1) is 0 Å². The van der Waals surface area contributed by atoms with Crippen LogP contribution < -0.4 is 20.5 Å². The minimum Gasteiger partial charge on any atom is -0.477 e. The third-order valence-corrected chi connectivity index (χ3v) is 4.93. The maximum Gasteiger partial charge on any atom is 0.279 e. The van der Waals surface area contributed by atoms with Gasteiger partial charge < -0.3 is 10.1 Å². The summed E-state index contributed by atoms with van der Waals surface area (Å²) in [5.41, 5.74) is 0.470. The number of nitrogens with zero attached hydrogens (tertiary/aromatic N) is 3. The van der Waals surface area contributed by atoms with Crippen LogP contribution in [0.25, 0.3) is 10.8 Å². The molecule has 1 atom stereocenters. The van der Waals surface area contributed by atoms with Crippen molar-refractivity contribution in [1.82, 2.24) is 15.1 Å². The summed E-state index contributed by atoms with van der Waals surface area (Å²) in [6.07, 6.45) is -0.845. The molecule has 0 bridgehead atoms. The molecule has 0 unspecified atom stereocenters. The zero-order valence-corrected chi connectivity index (χ0v) is 16.1. The maximum atomic E-state index is 13.6. The minimum atomic E-state index is -0.845. The highest BCUT2D eigenvalue weighted by Gasteiger charge is 2.35. The molecule has 0 saturated heterocycles. The van der Waals surface area contributed by atoms with Gasteiger partial charge in [0, 0.05) is 19.0 Å². The number of carbonyl (C=O) groups excluding carboxylic acids is 2. The van der Waals surface area contributed by atoms with Gasteiger partial charge in [0.1, 0.15) is 5.75 Å². The Bertz CT molecular complexity index is 1170. The third kappa shape index (κ3) is 3.12. The number of ether oxygens (including phenoxy) is 1. The van der Waals surface area contributed by atoms with Crippen molar-refractivity contribution in [3.8, 4) is 5.75 Å². The Morgan fingerprint density at radius 1 is 1.14 bits per heavy atom. The predicted octanol–water partition coefficient (Wildman–Crippen LogP) is 1.57. The van der Waals surface area contributed by atoms with Crippen LogP contribution >= 0.6 is 0 Å². The minimum absolute atomic E-state index is 0.0385. The molecular formula is C21H20N4O4. The molecule has 1 N–H and O–H groups in total. The number of carbonyl (C=O) groups is 2. The molecule has 3 aromatic rings. The molecule has 29 heavy (non-hydrogen) atoms. The largest absolute Gasteiger partial charge is 0.477 e. The molecule has 0 saturated carbocycles. The van der Waals surface area contributed by atoms with Gasteiger partial charge in [0.15, 0.2) is 11.8 Å². The fourth-order valence-corrected chi connectivity index (χ4v) is 3.46. The number of benzene rings is 2. The van der Waals surface area contributed by atoms with E-state index in [1.54, 1.807) is 55.5 Å². The Morgan fingerprint density at radius 3 is 2.55 bits per heavy atom. The average molecular weight is 392 g/mol. The van der Waals surface area contributed by atoms with E-state index in [0.717, 1.165) is 0 Å². The molecule has 0 radical (unpaired) electrons. The number of nitrogens with one attached hydrogen (secondary N) is 1. The normalized spacial score (nSPS) is 15.5. The number of rotatable bonds is 3. The molecule has 4 rings (SSSR count). The molecule has 0 fully saturated rings. The van der Waals surface area contributed by atoms with Gasteiger partial charge in [-0.2, -0.15) is 5.10 Å². The summed E-state index contributed by atoms with van der Waals surface area (Å²) in [6.45, 7) is 2.17. The SMILES string of the molecule is CCn1nc(C(=O)N2C[C@H](C(=O)NC)Oc3ccccc32)c2ccccc2c1=O. The molecule has 2 heterocycles. The van der Waals surface area contributed by atoms with Crippen molar-refractivity contribution in [3.05, 3.63) is 64.6 Å². The van der Waals surface area contributed by atoms with E-state index >= 15 is 0 Å². The van der Waals surface area contributed by atoms with Gasteiger partial charge >= 0.3 is 0 Å². The van der Waals surface area contributed by atoms with Crippen LogP contribution in [0.2, 0.25) is 0 Å². The number of fused-ring (bicyclic) bond motifs is 2. The van der Waals surface area contributed by atoms with Crippen molar-refractivity contribution in [1.29, 1.82) is 0 Å². The van der Waals surface area contributed by atoms with Gasteiger partial charge in [0.05, 0.1) is 17.6 Å². The first-order valence-electron chi connectivity index (χ1n) is 9.34. The summed E-state index contributed by atoms with van der Waals surface area (Å²) in [6, 6.07) is 13.9. The van der Waals surface area contributed by atoms with Crippen LogP contribution in [-0.2, 0) is 11.3 Å². The molecule has 2 amide bonds. The van der Waals surface area contributed by atoms with Crippen LogP contribution in [0, 0.1) is 0 Å². The Hall–Kier alpha value is -3.68. The van der Waals surface area contributed by atoms with Crippen molar-refractivity contribution in [3.63, 3.8) is 0 Å². The number of hydrogen-bond acceptors (Lipinski definition) is 5. The van der Waals surface area contributed by atoms with Crippen molar-refractivity contribution >= 4 is 28.3 Å². The van der Waals surface area contributed by atoms with Crippen molar-refractivity contribution in [2.24, 2.45) is 0 Å². The fourth-order valence-electron chi connectivity index (χ4n) is 3.46. The molecule has 1 aliphatic rings. The van der Waals surface area contributed by atoms with E-state index in [9.17, 15) is 14.4 Å².